The van der Waals surface area contributed by atoms with Gasteiger partial charge in [0, 0.05) is 29.4 Å². The van der Waals surface area contributed by atoms with Crippen LogP contribution in [0.5, 0.6) is 5.75 Å². The van der Waals surface area contributed by atoms with Gasteiger partial charge in [-0.1, -0.05) is 52.0 Å². The van der Waals surface area contributed by atoms with E-state index in [9.17, 15) is 9.59 Å². The van der Waals surface area contributed by atoms with E-state index in [0.717, 1.165) is 47.4 Å². The third kappa shape index (κ3) is 7.55. The van der Waals surface area contributed by atoms with Crippen LogP contribution in [0.1, 0.15) is 79.6 Å². The molecule has 1 atom stereocenters. The number of methoxy groups -OCH3 is 1. The lowest BCUT2D eigenvalue weighted by atomic mass is 10.0. The third-order valence-corrected chi connectivity index (χ3v) is 8.34. The molecule has 7 nitrogen and oxygen atoms in total. The van der Waals surface area contributed by atoms with Gasteiger partial charge in [-0.15, -0.1) is 11.3 Å². The monoisotopic (exact) mass is 574 g/mol. The summed E-state index contributed by atoms with van der Waals surface area (Å²) in [5.74, 6) is 1.60. The average Bonchev–Trinajstić information content (AvgIpc) is 3.61. The smallest absolute Gasteiger partial charge is 0.252 e. The summed E-state index contributed by atoms with van der Waals surface area (Å²) < 4.78 is 7.76. The first-order valence-corrected chi connectivity index (χ1v) is 15.5. The van der Waals surface area contributed by atoms with Crippen molar-refractivity contribution in [1.29, 1.82) is 0 Å². The predicted octanol–water partition coefficient (Wildman–Crippen LogP) is 6.56. The lowest BCUT2D eigenvalue weighted by Gasteiger charge is -2.21. The van der Waals surface area contributed by atoms with Crippen LogP contribution in [0.4, 0.5) is 0 Å². The molecule has 218 valence electrons. The van der Waals surface area contributed by atoms with E-state index < -0.39 is 6.04 Å². The van der Waals surface area contributed by atoms with E-state index in [4.69, 9.17) is 9.72 Å². The van der Waals surface area contributed by atoms with Crippen molar-refractivity contribution in [2.75, 3.05) is 13.7 Å². The van der Waals surface area contributed by atoms with Crippen LogP contribution in [-0.2, 0) is 17.6 Å². The predicted molar refractivity (Wildman–Crippen MR) is 167 cm³/mol. The molecule has 0 spiro atoms. The summed E-state index contributed by atoms with van der Waals surface area (Å²) in [7, 11) is 1.64. The fourth-order valence-corrected chi connectivity index (χ4v) is 6.04. The van der Waals surface area contributed by atoms with E-state index in [1.165, 1.54) is 4.88 Å². The maximum atomic E-state index is 13.4. The number of rotatable bonds is 14. The summed E-state index contributed by atoms with van der Waals surface area (Å²) in [6.07, 6.45) is 3.95. The molecule has 4 rings (SSSR count). The number of benzene rings is 2. The maximum absolute atomic E-state index is 13.4. The van der Waals surface area contributed by atoms with E-state index in [2.05, 4.69) is 46.6 Å². The van der Waals surface area contributed by atoms with Crippen molar-refractivity contribution in [3.05, 3.63) is 81.8 Å². The van der Waals surface area contributed by atoms with Crippen molar-refractivity contribution < 1.29 is 14.3 Å². The molecule has 41 heavy (non-hydrogen) atoms. The molecule has 2 heterocycles. The molecule has 0 bridgehead atoms. The molecule has 0 saturated carbocycles. The summed E-state index contributed by atoms with van der Waals surface area (Å²) in [5.41, 5.74) is 3.37. The van der Waals surface area contributed by atoms with Gasteiger partial charge < -0.3 is 19.9 Å². The highest BCUT2D eigenvalue weighted by atomic mass is 32.1. The van der Waals surface area contributed by atoms with Gasteiger partial charge in [-0.05, 0) is 72.9 Å². The zero-order valence-electron chi connectivity index (χ0n) is 24.8. The van der Waals surface area contributed by atoms with Gasteiger partial charge in [-0.2, -0.15) is 0 Å². The first-order chi connectivity index (χ1) is 19.8. The van der Waals surface area contributed by atoms with Crippen LogP contribution in [0.2, 0.25) is 0 Å². The number of hydrogen-bond donors (Lipinski definition) is 2. The highest BCUT2D eigenvalue weighted by molar-refractivity contribution is 7.09. The van der Waals surface area contributed by atoms with Crippen LogP contribution >= 0.6 is 11.3 Å². The van der Waals surface area contributed by atoms with E-state index in [1.54, 1.807) is 18.4 Å². The van der Waals surface area contributed by atoms with Crippen molar-refractivity contribution in [3.8, 4) is 5.75 Å². The maximum Gasteiger partial charge on any atom is 0.252 e. The van der Waals surface area contributed by atoms with Crippen molar-refractivity contribution in [2.24, 2.45) is 5.92 Å². The molecule has 0 unspecified atom stereocenters. The number of carbonyl (C=O) groups is 2. The first kappa shape index (κ1) is 30.3. The SMILES string of the molecule is CCC(CC)n1c(Cc2cccs2)nc2cc(C(=O)N[C@@H](CC(C)C)C(=O)NCCc3ccccc3OC)ccc21. The Bertz CT molecular complexity index is 1440. The van der Waals surface area contributed by atoms with Crippen LogP contribution in [0.25, 0.3) is 11.0 Å². The van der Waals surface area contributed by atoms with Gasteiger partial charge in [-0.25, -0.2) is 4.98 Å². The Morgan fingerprint density at radius 2 is 1.83 bits per heavy atom. The Hall–Kier alpha value is -3.65. The average molecular weight is 575 g/mol. The lowest BCUT2D eigenvalue weighted by Crippen LogP contribution is -2.47. The van der Waals surface area contributed by atoms with E-state index in [0.29, 0.717) is 31.0 Å². The largest absolute Gasteiger partial charge is 0.496 e. The van der Waals surface area contributed by atoms with Gasteiger partial charge in [0.1, 0.15) is 17.6 Å². The molecule has 4 aromatic rings. The Morgan fingerprint density at radius 1 is 1.05 bits per heavy atom. The van der Waals surface area contributed by atoms with Crippen molar-refractivity contribution >= 4 is 34.2 Å². The Morgan fingerprint density at radius 3 is 2.51 bits per heavy atom. The molecule has 2 amide bonds. The highest BCUT2D eigenvalue weighted by Crippen LogP contribution is 2.28. The van der Waals surface area contributed by atoms with Gasteiger partial charge in [0.15, 0.2) is 0 Å². The molecule has 0 aliphatic heterocycles. The number of aromatic nitrogens is 2. The van der Waals surface area contributed by atoms with Crippen LogP contribution in [0, 0.1) is 5.92 Å². The van der Waals surface area contributed by atoms with Gasteiger partial charge in [0.2, 0.25) is 5.91 Å². The Balaban J connectivity index is 1.51. The summed E-state index contributed by atoms with van der Waals surface area (Å²) in [6, 6.07) is 17.4. The van der Waals surface area contributed by atoms with Gasteiger partial charge in [0.05, 0.1) is 18.1 Å². The minimum absolute atomic E-state index is 0.181. The molecule has 0 aliphatic carbocycles. The number of amides is 2. The normalized spacial score (nSPS) is 12.2. The molecule has 0 aliphatic rings. The number of para-hydroxylation sites is 1. The molecule has 2 aromatic carbocycles. The van der Waals surface area contributed by atoms with Crippen molar-refractivity contribution in [3.63, 3.8) is 0 Å². The summed E-state index contributed by atoms with van der Waals surface area (Å²) in [6.45, 7) is 8.95. The topological polar surface area (TPSA) is 85.2 Å². The molecular weight excluding hydrogens is 532 g/mol. The standard InChI is InChI=1S/C33H42N4O3S/c1-6-25(7-2)37-29-15-14-24(20-27(29)35-31(37)21-26-12-10-18-41-26)32(38)36-28(19-22(3)4)33(39)34-17-16-23-11-8-9-13-30(23)40-5/h8-15,18,20,22,25,28H,6-7,16-17,19,21H2,1-5H3,(H,34,39)(H,36,38)/t28-/m0/s1. The van der Waals surface area contributed by atoms with E-state index in [-0.39, 0.29) is 17.7 Å². The Kier molecular flexibility index (Phi) is 10.6. The number of nitrogens with zero attached hydrogens (tertiary/aromatic N) is 2. The molecule has 8 heteroatoms. The molecule has 2 N–H and O–H groups in total. The summed E-state index contributed by atoms with van der Waals surface area (Å²) >= 11 is 1.73. The second kappa shape index (κ2) is 14.3. The number of imidazole rings is 1. The van der Waals surface area contributed by atoms with Crippen LogP contribution < -0.4 is 15.4 Å². The van der Waals surface area contributed by atoms with Crippen molar-refractivity contribution in [1.82, 2.24) is 20.2 Å². The minimum Gasteiger partial charge on any atom is -0.496 e. The third-order valence-electron chi connectivity index (χ3n) is 7.46. The fourth-order valence-electron chi connectivity index (χ4n) is 5.34. The zero-order chi connectivity index (χ0) is 29.4. The minimum atomic E-state index is -0.632. The number of ether oxygens (including phenoxy) is 1. The van der Waals surface area contributed by atoms with Gasteiger partial charge in [0.25, 0.3) is 5.91 Å². The summed E-state index contributed by atoms with van der Waals surface area (Å²) in [5, 5.41) is 8.09. The van der Waals surface area contributed by atoms with E-state index >= 15 is 0 Å². The summed E-state index contributed by atoms with van der Waals surface area (Å²) in [4.78, 5) is 32.8. The zero-order valence-corrected chi connectivity index (χ0v) is 25.6. The fraction of sp³-hybridized carbons (Fsp3) is 0.424. The molecule has 0 radical (unpaired) electrons. The number of nitrogens with one attached hydrogen (secondary N) is 2. The number of carbonyl (C=O) groups excluding carboxylic acids is 2. The number of hydrogen-bond acceptors (Lipinski definition) is 5. The molecule has 0 saturated heterocycles. The quantitative estimate of drug-likeness (QED) is 0.179. The number of thiophene rings is 1. The molecule has 2 aromatic heterocycles. The lowest BCUT2D eigenvalue weighted by molar-refractivity contribution is -0.123. The molecular formula is C33H42N4O3S. The van der Waals surface area contributed by atoms with Crippen LogP contribution in [-0.4, -0.2) is 41.1 Å². The van der Waals surface area contributed by atoms with Crippen molar-refractivity contribution in [2.45, 2.75) is 71.9 Å². The van der Waals surface area contributed by atoms with Gasteiger partial charge in [-0.3, -0.25) is 9.59 Å². The van der Waals surface area contributed by atoms with Crippen LogP contribution in [0.15, 0.2) is 60.0 Å². The van der Waals surface area contributed by atoms with E-state index in [1.807, 2.05) is 56.3 Å². The Labute approximate surface area is 247 Å². The van der Waals surface area contributed by atoms with Crippen LogP contribution in [0.3, 0.4) is 0 Å². The first-order valence-electron chi connectivity index (χ1n) is 14.6. The second-order valence-electron chi connectivity index (χ2n) is 10.8. The second-order valence-corrected chi connectivity index (χ2v) is 11.9. The number of fused-ring (bicyclic) bond motifs is 1. The van der Waals surface area contributed by atoms with Gasteiger partial charge >= 0.3 is 0 Å². The molecule has 0 fully saturated rings. The highest BCUT2D eigenvalue weighted by Gasteiger charge is 2.24.